The van der Waals surface area contributed by atoms with Gasteiger partial charge in [0.25, 0.3) is 0 Å². The van der Waals surface area contributed by atoms with Gasteiger partial charge in [0.15, 0.2) is 0 Å². The quantitative estimate of drug-likeness (QED) is 0.547. The smallest absolute Gasteiger partial charge is 0.113 e. The first-order valence-electron chi connectivity index (χ1n) is 4.20. The molecule has 0 aromatic heterocycles. The van der Waals surface area contributed by atoms with Crippen molar-refractivity contribution in [2.45, 2.75) is 49.4 Å². The molecule has 3 rings (SSSR count). The van der Waals surface area contributed by atoms with Crippen LogP contribution in [0, 0.1) is 0 Å². The minimum absolute atomic E-state index is 0.253. The summed E-state index contributed by atoms with van der Waals surface area (Å²) in [7, 11) is 0. The average molecular weight is 159 g/mol. The molecule has 2 nitrogen and oxygen atoms in total. The molecule has 0 amide bonds. The lowest BCUT2D eigenvalue weighted by Gasteiger charge is -2.50. The largest absolute Gasteiger partial charge is 0.391 e. The van der Waals surface area contributed by atoms with Crippen LogP contribution < -0.4 is 5.73 Å². The van der Waals surface area contributed by atoms with Gasteiger partial charge in [-0.05, 0) is 25.7 Å². The van der Waals surface area contributed by atoms with Gasteiger partial charge in [-0.3, -0.25) is 0 Å². The summed E-state index contributed by atoms with van der Waals surface area (Å²) in [6, 6.07) is 0. The van der Waals surface area contributed by atoms with E-state index in [9.17, 15) is 9.50 Å². The second-order valence-corrected chi connectivity index (χ2v) is 4.10. The van der Waals surface area contributed by atoms with E-state index < -0.39 is 17.3 Å². The second-order valence-electron chi connectivity index (χ2n) is 4.10. The Kier molecular flexibility index (Phi) is 1.33. The topological polar surface area (TPSA) is 46.2 Å². The molecule has 0 saturated heterocycles. The minimum atomic E-state index is -1.10. The summed E-state index contributed by atoms with van der Waals surface area (Å²) in [5, 5.41) is 9.46. The Morgan fingerprint density at radius 2 is 1.82 bits per heavy atom. The highest BCUT2D eigenvalue weighted by Gasteiger charge is 2.52. The van der Waals surface area contributed by atoms with Crippen LogP contribution in [0.25, 0.3) is 0 Å². The Hall–Kier alpha value is -0.150. The van der Waals surface area contributed by atoms with Gasteiger partial charge in [0.05, 0.1) is 6.10 Å². The maximum absolute atomic E-state index is 13.5. The van der Waals surface area contributed by atoms with Crippen molar-refractivity contribution >= 4 is 0 Å². The number of nitrogens with two attached hydrogens (primary N) is 1. The monoisotopic (exact) mass is 159 g/mol. The fourth-order valence-corrected chi connectivity index (χ4v) is 2.25. The van der Waals surface area contributed by atoms with Crippen LogP contribution >= 0.6 is 0 Å². The summed E-state index contributed by atoms with van der Waals surface area (Å²) >= 11 is 0. The summed E-state index contributed by atoms with van der Waals surface area (Å²) in [6.07, 6.45) is 2.01. The zero-order valence-corrected chi connectivity index (χ0v) is 6.52. The lowest BCUT2D eigenvalue weighted by Crippen LogP contribution is -2.62. The van der Waals surface area contributed by atoms with Gasteiger partial charge in [-0.2, -0.15) is 0 Å². The summed E-state index contributed by atoms with van der Waals surface area (Å²) < 4.78 is 13.5. The third kappa shape index (κ3) is 0.983. The number of hydrogen-bond acceptors (Lipinski definition) is 2. The van der Waals surface area contributed by atoms with Gasteiger partial charge >= 0.3 is 0 Å². The molecule has 11 heavy (non-hydrogen) atoms. The zero-order valence-electron chi connectivity index (χ0n) is 6.52. The van der Waals surface area contributed by atoms with E-state index in [-0.39, 0.29) is 6.42 Å². The van der Waals surface area contributed by atoms with Crippen molar-refractivity contribution in [3.05, 3.63) is 0 Å². The number of aliphatic hydroxyl groups excluding tert-OH is 1. The Balaban J connectivity index is 2.22. The third-order valence-electron chi connectivity index (χ3n) is 3.30. The summed E-state index contributed by atoms with van der Waals surface area (Å²) in [5.74, 6) is 0. The van der Waals surface area contributed by atoms with E-state index in [0.29, 0.717) is 25.7 Å². The van der Waals surface area contributed by atoms with Gasteiger partial charge in [0.1, 0.15) is 5.67 Å². The van der Waals surface area contributed by atoms with Gasteiger partial charge in [0, 0.05) is 12.0 Å². The maximum atomic E-state index is 13.5. The first-order valence-corrected chi connectivity index (χ1v) is 4.20. The fourth-order valence-electron chi connectivity index (χ4n) is 2.25. The second kappa shape index (κ2) is 1.96. The van der Waals surface area contributed by atoms with E-state index in [1.807, 2.05) is 0 Å². The highest BCUT2D eigenvalue weighted by Crippen LogP contribution is 2.47. The van der Waals surface area contributed by atoms with Crippen LogP contribution in [0.5, 0.6) is 0 Å². The summed E-state index contributed by atoms with van der Waals surface area (Å²) in [5.41, 5.74) is 4.32. The molecule has 3 aliphatic rings. The number of rotatable bonds is 0. The molecule has 0 heterocycles. The minimum Gasteiger partial charge on any atom is -0.391 e. The molecule has 3 heteroatoms. The molecule has 3 N–H and O–H groups in total. The molecule has 0 radical (unpaired) electrons. The van der Waals surface area contributed by atoms with Crippen molar-refractivity contribution in [3.8, 4) is 0 Å². The molecule has 1 atom stereocenters. The van der Waals surface area contributed by atoms with Crippen LogP contribution in [0.15, 0.2) is 0 Å². The Morgan fingerprint density at radius 1 is 1.27 bits per heavy atom. The van der Waals surface area contributed by atoms with Crippen molar-refractivity contribution in [1.29, 1.82) is 0 Å². The lowest BCUT2D eigenvalue weighted by atomic mass is 9.63. The van der Waals surface area contributed by atoms with Gasteiger partial charge in [-0.25, -0.2) is 4.39 Å². The van der Waals surface area contributed by atoms with Crippen LogP contribution in [0.1, 0.15) is 32.1 Å². The summed E-state index contributed by atoms with van der Waals surface area (Å²) in [4.78, 5) is 0. The Labute approximate surface area is 65.6 Å². The van der Waals surface area contributed by atoms with Crippen LogP contribution in [-0.4, -0.2) is 22.4 Å². The molecule has 3 saturated carbocycles. The zero-order chi connectivity index (χ0) is 8.11. The van der Waals surface area contributed by atoms with E-state index in [1.54, 1.807) is 0 Å². The predicted molar refractivity (Wildman–Crippen MR) is 39.8 cm³/mol. The molecule has 3 fully saturated rings. The van der Waals surface area contributed by atoms with Crippen molar-refractivity contribution in [1.82, 2.24) is 0 Å². The lowest BCUT2D eigenvalue weighted by molar-refractivity contribution is -0.0826. The Bertz CT molecular complexity index is 175. The Morgan fingerprint density at radius 3 is 2.18 bits per heavy atom. The standard InChI is InChI=1S/C8H14FNO/c9-7-1-3-8(10,4-2-7)6(11)5-7/h6,11H,1-5,10H2. The van der Waals surface area contributed by atoms with E-state index in [1.165, 1.54) is 0 Å². The average Bonchev–Trinajstić information content (AvgIpc) is 1.94. The van der Waals surface area contributed by atoms with Crippen molar-refractivity contribution in [2.75, 3.05) is 0 Å². The molecule has 64 valence electrons. The van der Waals surface area contributed by atoms with E-state index >= 15 is 0 Å². The van der Waals surface area contributed by atoms with Crippen LogP contribution in [0.3, 0.4) is 0 Å². The van der Waals surface area contributed by atoms with E-state index in [2.05, 4.69) is 0 Å². The van der Waals surface area contributed by atoms with Gasteiger partial charge in [-0.15, -0.1) is 0 Å². The number of hydrogen-bond donors (Lipinski definition) is 2. The maximum Gasteiger partial charge on any atom is 0.113 e. The number of alkyl halides is 1. The molecule has 1 unspecified atom stereocenters. The van der Waals surface area contributed by atoms with Gasteiger partial charge in [0.2, 0.25) is 0 Å². The van der Waals surface area contributed by atoms with E-state index in [4.69, 9.17) is 5.73 Å². The molecule has 0 aromatic rings. The molecular weight excluding hydrogens is 145 g/mol. The van der Waals surface area contributed by atoms with E-state index in [0.717, 1.165) is 0 Å². The van der Waals surface area contributed by atoms with Crippen molar-refractivity contribution in [3.63, 3.8) is 0 Å². The number of halogens is 1. The molecule has 3 aliphatic carbocycles. The van der Waals surface area contributed by atoms with Gasteiger partial charge in [-0.1, -0.05) is 0 Å². The normalized spacial score (nSPS) is 56.5. The SMILES string of the molecule is NC12CCC(F)(CC1)CC2O. The van der Waals surface area contributed by atoms with Gasteiger partial charge < -0.3 is 10.8 Å². The van der Waals surface area contributed by atoms with Crippen LogP contribution in [0.2, 0.25) is 0 Å². The third-order valence-corrected chi connectivity index (χ3v) is 3.30. The highest BCUT2D eigenvalue weighted by molar-refractivity contribution is 5.08. The molecule has 2 bridgehead atoms. The first kappa shape index (κ1) is 7.50. The molecule has 0 spiro atoms. The number of fused-ring (bicyclic) bond motifs is 3. The highest BCUT2D eigenvalue weighted by atomic mass is 19.1. The summed E-state index contributed by atoms with van der Waals surface area (Å²) in [6.45, 7) is 0. The first-order chi connectivity index (χ1) is 5.04. The predicted octanol–water partition coefficient (Wildman–Crippen LogP) is 0.731. The molecular formula is C8H14FNO. The van der Waals surface area contributed by atoms with Crippen LogP contribution in [0.4, 0.5) is 4.39 Å². The van der Waals surface area contributed by atoms with Crippen molar-refractivity contribution in [2.24, 2.45) is 5.73 Å². The fraction of sp³-hybridized carbons (Fsp3) is 1.00. The van der Waals surface area contributed by atoms with Crippen molar-refractivity contribution < 1.29 is 9.50 Å². The molecule has 0 aliphatic heterocycles. The van der Waals surface area contributed by atoms with Crippen LogP contribution in [-0.2, 0) is 0 Å². The molecule has 0 aromatic carbocycles. The number of aliphatic hydroxyl groups is 1.